The molecular weight excluding hydrogens is 340 g/mol. The number of likely N-dealkylation sites (N-methyl/N-ethyl adjacent to an activating group) is 1. The highest BCUT2D eigenvalue weighted by Gasteiger charge is 2.18. The highest BCUT2D eigenvalue weighted by atomic mass is 16.2. The molecule has 0 saturated carbocycles. The highest BCUT2D eigenvalue weighted by Crippen LogP contribution is 2.19. The van der Waals surface area contributed by atoms with Crippen molar-refractivity contribution in [3.8, 4) is 0 Å². The van der Waals surface area contributed by atoms with E-state index >= 15 is 0 Å². The number of hydrogen-bond acceptors (Lipinski definition) is 4. The van der Waals surface area contributed by atoms with Crippen molar-refractivity contribution in [2.45, 2.75) is 19.4 Å². The van der Waals surface area contributed by atoms with Gasteiger partial charge in [-0.3, -0.25) is 9.59 Å². The van der Waals surface area contributed by atoms with Crippen LogP contribution in [0.4, 0.5) is 0 Å². The van der Waals surface area contributed by atoms with E-state index < -0.39 is 0 Å². The Bertz CT molecular complexity index is 993. The van der Waals surface area contributed by atoms with Gasteiger partial charge in [0.15, 0.2) is 5.69 Å². The molecule has 1 atom stereocenters. The Hall–Kier alpha value is -2.99. The molecule has 27 heavy (non-hydrogen) atoms. The SMILES string of the molecule is CCc1ccc([C@H](CNC(=O)c2n[nH]c(=O)c3ccccc23)N(C)C)cc1. The molecule has 0 spiro atoms. The molecule has 1 amide bonds. The van der Waals surface area contributed by atoms with Gasteiger partial charge in [0.1, 0.15) is 0 Å². The number of hydrogen-bond donors (Lipinski definition) is 2. The number of carbonyl (C=O) groups is 1. The third-order valence-electron chi connectivity index (χ3n) is 4.76. The van der Waals surface area contributed by atoms with Gasteiger partial charge in [-0.15, -0.1) is 0 Å². The van der Waals surface area contributed by atoms with Gasteiger partial charge in [-0.1, -0.05) is 49.4 Å². The van der Waals surface area contributed by atoms with Gasteiger partial charge in [-0.25, -0.2) is 5.10 Å². The predicted molar refractivity (Wildman–Crippen MR) is 107 cm³/mol. The fraction of sp³-hybridized carbons (Fsp3) is 0.286. The number of rotatable bonds is 6. The monoisotopic (exact) mass is 364 g/mol. The summed E-state index contributed by atoms with van der Waals surface area (Å²) in [6.07, 6.45) is 0.995. The summed E-state index contributed by atoms with van der Waals surface area (Å²) in [5.41, 5.74) is 2.34. The summed E-state index contributed by atoms with van der Waals surface area (Å²) < 4.78 is 0. The number of H-pyrrole nitrogens is 1. The Balaban J connectivity index is 1.81. The maximum absolute atomic E-state index is 12.7. The van der Waals surface area contributed by atoms with E-state index in [9.17, 15) is 9.59 Å². The van der Waals surface area contributed by atoms with E-state index in [1.807, 2.05) is 14.1 Å². The van der Waals surface area contributed by atoms with Gasteiger partial charge in [0.25, 0.3) is 11.5 Å². The average Bonchev–Trinajstić information content (AvgIpc) is 2.68. The van der Waals surface area contributed by atoms with Crippen LogP contribution in [0.1, 0.15) is 34.6 Å². The molecule has 2 aromatic carbocycles. The first-order valence-corrected chi connectivity index (χ1v) is 9.02. The van der Waals surface area contributed by atoms with Crippen molar-refractivity contribution in [3.05, 3.63) is 75.7 Å². The first-order valence-electron chi connectivity index (χ1n) is 9.02. The maximum Gasteiger partial charge on any atom is 0.272 e. The first kappa shape index (κ1) is 18.8. The standard InChI is InChI=1S/C21H24N4O2/c1-4-14-9-11-15(12-10-14)18(25(2)3)13-22-21(27)19-16-7-5-6-8-17(16)20(26)24-23-19/h5-12,18H,4,13H2,1-3H3,(H,22,27)(H,24,26)/t18-/m0/s1. The average molecular weight is 364 g/mol. The molecule has 6 nitrogen and oxygen atoms in total. The lowest BCUT2D eigenvalue weighted by atomic mass is 10.0. The number of nitrogens with zero attached hydrogens (tertiary/aromatic N) is 2. The lowest BCUT2D eigenvalue weighted by molar-refractivity contribution is 0.0937. The first-order chi connectivity index (χ1) is 13.0. The number of amides is 1. The maximum atomic E-state index is 12.7. The van der Waals surface area contributed by atoms with E-state index in [1.54, 1.807) is 24.3 Å². The van der Waals surface area contributed by atoms with Crippen molar-refractivity contribution >= 4 is 16.7 Å². The van der Waals surface area contributed by atoms with Crippen LogP contribution < -0.4 is 10.9 Å². The molecule has 0 radical (unpaired) electrons. The second-order valence-corrected chi connectivity index (χ2v) is 6.73. The number of benzene rings is 2. The molecule has 0 saturated heterocycles. The van der Waals surface area contributed by atoms with Crippen molar-refractivity contribution in [3.63, 3.8) is 0 Å². The van der Waals surface area contributed by atoms with E-state index in [1.165, 1.54) is 5.56 Å². The lowest BCUT2D eigenvalue weighted by Crippen LogP contribution is -2.35. The Labute approximate surface area is 158 Å². The summed E-state index contributed by atoms with van der Waals surface area (Å²) in [6.45, 7) is 2.56. The molecule has 3 aromatic rings. The molecule has 0 aliphatic carbocycles. The van der Waals surface area contributed by atoms with Crippen molar-refractivity contribution in [2.24, 2.45) is 0 Å². The van der Waals surface area contributed by atoms with Crippen LogP contribution in [0.5, 0.6) is 0 Å². The van der Waals surface area contributed by atoms with E-state index in [4.69, 9.17) is 0 Å². The molecule has 140 valence electrons. The minimum absolute atomic E-state index is 0.0360. The van der Waals surface area contributed by atoms with E-state index in [2.05, 4.69) is 51.6 Å². The molecular formula is C21H24N4O2. The van der Waals surface area contributed by atoms with Crippen molar-refractivity contribution < 1.29 is 4.79 Å². The van der Waals surface area contributed by atoms with Crippen LogP contribution in [-0.2, 0) is 6.42 Å². The molecule has 1 heterocycles. The van der Waals surface area contributed by atoms with Gasteiger partial charge in [0.05, 0.1) is 11.4 Å². The second-order valence-electron chi connectivity index (χ2n) is 6.73. The van der Waals surface area contributed by atoms with Crippen molar-refractivity contribution in [1.82, 2.24) is 20.4 Å². The third-order valence-corrected chi connectivity index (χ3v) is 4.76. The molecule has 0 bridgehead atoms. The zero-order chi connectivity index (χ0) is 19.4. The Kier molecular flexibility index (Phi) is 5.66. The van der Waals surface area contributed by atoms with Crippen LogP contribution in [-0.4, -0.2) is 41.6 Å². The Morgan fingerprint density at radius 1 is 1.11 bits per heavy atom. The van der Waals surface area contributed by atoms with Crippen LogP contribution in [0, 0.1) is 0 Å². The van der Waals surface area contributed by atoms with Gasteiger partial charge in [0.2, 0.25) is 0 Å². The van der Waals surface area contributed by atoms with Gasteiger partial charge >= 0.3 is 0 Å². The zero-order valence-corrected chi connectivity index (χ0v) is 15.8. The number of nitrogens with one attached hydrogen (secondary N) is 2. The van der Waals surface area contributed by atoms with Crippen LogP contribution in [0.25, 0.3) is 10.8 Å². The molecule has 1 aromatic heterocycles. The molecule has 6 heteroatoms. The van der Waals surface area contributed by atoms with Crippen molar-refractivity contribution in [1.29, 1.82) is 0 Å². The third kappa shape index (κ3) is 4.06. The number of fused-ring (bicyclic) bond motifs is 1. The molecule has 2 N–H and O–H groups in total. The van der Waals surface area contributed by atoms with E-state index in [0.29, 0.717) is 17.3 Å². The number of carbonyl (C=O) groups excluding carboxylic acids is 1. The van der Waals surface area contributed by atoms with Gasteiger partial charge in [0, 0.05) is 11.9 Å². The zero-order valence-electron chi connectivity index (χ0n) is 15.8. The fourth-order valence-electron chi connectivity index (χ4n) is 3.13. The van der Waals surface area contributed by atoms with Gasteiger partial charge in [-0.05, 0) is 37.7 Å². The van der Waals surface area contributed by atoms with Gasteiger partial charge in [-0.2, -0.15) is 5.10 Å². The minimum Gasteiger partial charge on any atom is -0.349 e. The van der Waals surface area contributed by atoms with Gasteiger partial charge < -0.3 is 10.2 Å². The van der Waals surface area contributed by atoms with E-state index in [-0.39, 0.29) is 23.2 Å². The smallest absolute Gasteiger partial charge is 0.272 e. The number of aromatic amines is 1. The Morgan fingerprint density at radius 3 is 2.41 bits per heavy atom. The normalized spacial score (nSPS) is 12.3. The quantitative estimate of drug-likeness (QED) is 0.704. The molecule has 3 rings (SSSR count). The largest absolute Gasteiger partial charge is 0.349 e. The predicted octanol–water partition coefficient (Wildman–Crippen LogP) is 2.52. The number of aryl methyl sites for hydroxylation is 1. The molecule has 0 unspecified atom stereocenters. The lowest BCUT2D eigenvalue weighted by Gasteiger charge is -2.25. The highest BCUT2D eigenvalue weighted by molar-refractivity contribution is 6.04. The summed E-state index contributed by atoms with van der Waals surface area (Å²) >= 11 is 0. The second kappa shape index (κ2) is 8.14. The summed E-state index contributed by atoms with van der Waals surface area (Å²) in [5.74, 6) is -0.306. The fourth-order valence-corrected chi connectivity index (χ4v) is 3.13. The minimum atomic E-state index is -0.306. The molecule has 0 aliphatic rings. The summed E-state index contributed by atoms with van der Waals surface area (Å²) in [6, 6.07) is 15.4. The van der Waals surface area contributed by atoms with Crippen LogP contribution in [0.3, 0.4) is 0 Å². The molecule has 0 aliphatic heterocycles. The topological polar surface area (TPSA) is 78.1 Å². The van der Waals surface area contributed by atoms with Crippen LogP contribution in [0.2, 0.25) is 0 Å². The number of aromatic nitrogens is 2. The molecule has 0 fully saturated rings. The van der Waals surface area contributed by atoms with Crippen molar-refractivity contribution in [2.75, 3.05) is 20.6 Å². The summed E-state index contributed by atoms with van der Waals surface area (Å²) in [7, 11) is 3.97. The van der Waals surface area contributed by atoms with Crippen LogP contribution >= 0.6 is 0 Å². The van der Waals surface area contributed by atoms with Crippen LogP contribution in [0.15, 0.2) is 53.3 Å². The summed E-state index contributed by atoms with van der Waals surface area (Å²) in [5, 5.41) is 10.3. The van der Waals surface area contributed by atoms with E-state index in [0.717, 1.165) is 12.0 Å². The summed E-state index contributed by atoms with van der Waals surface area (Å²) in [4.78, 5) is 26.7. The Morgan fingerprint density at radius 2 is 1.78 bits per heavy atom.